The molecule has 2 aromatic rings. The second-order valence-corrected chi connectivity index (χ2v) is 7.95. The first-order valence-electron chi connectivity index (χ1n) is 8.31. The summed E-state index contributed by atoms with van der Waals surface area (Å²) in [6.45, 7) is 6.97. The van der Waals surface area contributed by atoms with Gasteiger partial charge in [0.05, 0.1) is 5.52 Å². The average molecular weight is 329 g/mol. The van der Waals surface area contributed by atoms with Crippen molar-refractivity contribution >= 4 is 29.0 Å². The van der Waals surface area contributed by atoms with Crippen molar-refractivity contribution in [2.24, 2.45) is 11.3 Å². The van der Waals surface area contributed by atoms with Gasteiger partial charge >= 0.3 is 0 Å². The van der Waals surface area contributed by atoms with Gasteiger partial charge in [-0.25, -0.2) is 0 Å². The lowest BCUT2D eigenvalue weighted by Crippen LogP contribution is -2.27. The first-order chi connectivity index (χ1) is 10.4. The first kappa shape index (κ1) is 16.3. The number of nitrogens with zero attached hydrogens (tertiary/aromatic N) is 1. The third-order valence-corrected chi connectivity index (χ3v) is 5.37. The number of pyridine rings is 1. The number of benzene rings is 1. The largest absolute Gasteiger partial charge is 0.398 e. The van der Waals surface area contributed by atoms with E-state index < -0.39 is 0 Å². The number of hydrogen-bond acceptors (Lipinski definition) is 2. The van der Waals surface area contributed by atoms with Crippen LogP contribution in [0.3, 0.4) is 0 Å². The summed E-state index contributed by atoms with van der Waals surface area (Å²) in [7, 11) is 0. The summed E-state index contributed by atoms with van der Waals surface area (Å²) >= 11 is 0. The fourth-order valence-electron chi connectivity index (χ4n) is 4.22. The maximum Gasteiger partial charge on any atom is 0.0726 e. The average Bonchev–Trinajstić information content (AvgIpc) is 2.45. The van der Waals surface area contributed by atoms with Gasteiger partial charge in [0, 0.05) is 22.3 Å². The molecule has 2 bridgehead atoms. The molecule has 1 aromatic carbocycles. The molecule has 2 unspecified atom stereocenters. The molecular weight excluding hydrogens is 304 g/mol. The molecule has 1 heterocycles. The van der Waals surface area contributed by atoms with Gasteiger partial charge in [0.1, 0.15) is 0 Å². The van der Waals surface area contributed by atoms with Crippen LogP contribution in [0.2, 0.25) is 0 Å². The minimum atomic E-state index is 0. The molecule has 0 spiro atoms. The zero-order valence-corrected chi connectivity index (χ0v) is 14.9. The van der Waals surface area contributed by atoms with Crippen molar-refractivity contribution in [3.63, 3.8) is 0 Å². The van der Waals surface area contributed by atoms with Crippen LogP contribution >= 0.6 is 12.4 Å². The highest BCUT2D eigenvalue weighted by atomic mass is 35.5. The number of halogens is 1. The van der Waals surface area contributed by atoms with Crippen LogP contribution in [-0.2, 0) is 6.42 Å². The highest BCUT2D eigenvalue weighted by molar-refractivity contribution is 5.92. The zero-order valence-electron chi connectivity index (χ0n) is 14.1. The molecule has 2 aliphatic carbocycles. The molecule has 0 saturated carbocycles. The molecule has 2 N–H and O–H groups in total. The van der Waals surface area contributed by atoms with Gasteiger partial charge in [-0.2, -0.15) is 0 Å². The molecule has 0 amide bonds. The summed E-state index contributed by atoms with van der Waals surface area (Å²) in [4.78, 5) is 4.94. The molecule has 23 heavy (non-hydrogen) atoms. The van der Waals surface area contributed by atoms with Crippen LogP contribution in [0.1, 0.15) is 50.8 Å². The van der Waals surface area contributed by atoms with Crippen LogP contribution in [0.4, 0.5) is 5.69 Å². The summed E-state index contributed by atoms with van der Waals surface area (Å²) in [6, 6.07) is 8.28. The molecule has 122 valence electrons. The van der Waals surface area contributed by atoms with Gasteiger partial charge in [-0.1, -0.05) is 50.6 Å². The Balaban J connectivity index is 0.00000156. The number of anilines is 1. The first-order valence-corrected chi connectivity index (χ1v) is 8.31. The Labute approximate surface area is 144 Å². The van der Waals surface area contributed by atoms with Gasteiger partial charge in [0.25, 0.3) is 0 Å². The van der Waals surface area contributed by atoms with Gasteiger partial charge in [0.2, 0.25) is 0 Å². The van der Waals surface area contributed by atoms with Crippen molar-refractivity contribution in [1.29, 1.82) is 0 Å². The third kappa shape index (κ3) is 2.63. The van der Waals surface area contributed by atoms with Crippen LogP contribution in [0.25, 0.3) is 10.9 Å². The number of allylic oxidation sites excluding steroid dienone is 2. The van der Waals surface area contributed by atoms with E-state index in [9.17, 15) is 0 Å². The molecule has 0 radical (unpaired) electrons. The van der Waals surface area contributed by atoms with E-state index in [1.165, 1.54) is 17.7 Å². The highest BCUT2D eigenvalue weighted by Gasteiger charge is 2.36. The molecule has 0 aliphatic heterocycles. The third-order valence-electron chi connectivity index (χ3n) is 5.37. The predicted octanol–water partition coefficient (Wildman–Crippen LogP) is 5.26. The Hall–Kier alpha value is -1.54. The molecule has 3 heteroatoms. The Morgan fingerprint density at radius 1 is 1.13 bits per heavy atom. The van der Waals surface area contributed by atoms with Crippen molar-refractivity contribution in [3.05, 3.63) is 47.2 Å². The zero-order chi connectivity index (χ0) is 15.5. The summed E-state index contributed by atoms with van der Waals surface area (Å²) in [6.07, 6.45) is 5.93. The van der Waals surface area contributed by atoms with Crippen LogP contribution in [0.5, 0.6) is 0 Å². The lowest BCUT2D eigenvalue weighted by atomic mass is 9.66. The van der Waals surface area contributed by atoms with E-state index in [1.807, 2.05) is 6.07 Å². The Bertz CT molecular complexity index is 786. The number of nitrogen functional groups attached to an aromatic ring is 1. The molecule has 4 rings (SSSR count). The molecule has 2 atom stereocenters. The molecular formula is C20H25ClN2. The lowest BCUT2D eigenvalue weighted by Gasteiger charge is -2.39. The molecule has 2 aliphatic rings. The van der Waals surface area contributed by atoms with Gasteiger partial charge < -0.3 is 5.73 Å². The fourth-order valence-corrected chi connectivity index (χ4v) is 4.22. The van der Waals surface area contributed by atoms with Gasteiger partial charge in [-0.15, -0.1) is 12.4 Å². The van der Waals surface area contributed by atoms with Crippen molar-refractivity contribution in [3.8, 4) is 0 Å². The number of para-hydroxylation sites is 1. The quantitative estimate of drug-likeness (QED) is 0.670. The van der Waals surface area contributed by atoms with E-state index in [0.29, 0.717) is 11.8 Å². The second kappa shape index (κ2) is 5.52. The molecule has 0 saturated heterocycles. The number of fused-ring (bicyclic) bond motifs is 5. The van der Waals surface area contributed by atoms with Gasteiger partial charge in [0.15, 0.2) is 0 Å². The van der Waals surface area contributed by atoms with Crippen LogP contribution in [-0.4, -0.2) is 4.98 Å². The minimum Gasteiger partial charge on any atom is -0.398 e. The summed E-state index contributed by atoms with van der Waals surface area (Å²) in [5.41, 5.74) is 13.0. The second-order valence-electron chi connectivity index (χ2n) is 7.95. The van der Waals surface area contributed by atoms with E-state index in [0.717, 1.165) is 29.4 Å². The van der Waals surface area contributed by atoms with Gasteiger partial charge in [-0.05, 0) is 42.6 Å². The topological polar surface area (TPSA) is 38.9 Å². The van der Waals surface area contributed by atoms with Gasteiger partial charge in [-0.3, -0.25) is 4.98 Å². The van der Waals surface area contributed by atoms with Crippen LogP contribution < -0.4 is 5.73 Å². The maximum absolute atomic E-state index is 6.57. The maximum atomic E-state index is 6.57. The normalized spacial score (nSPS) is 23.0. The smallest absolute Gasteiger partial charge is 0.0726 e. The summed E-state index contributed by atoms with van der Waals surface area (Å²) in [5, 5.41) is 1.12. The lowest BCUT2D eigenvalue weighted by molar-refractivity contribution is 0.376. The molecule has 0 fully saturated rings. The van der Waals surface area contributed by atoms with E-state index in [-0.39, 0.29) is 17.8 Å². The standard InChI is InChI=1S/C20H24N2.ClH/c1-20(2,3)14-9-12-8-13(11-14)18-17(10-12)22-16-7-5-4-6-15(16)19(18)21;/h4-7,9,12-13H,8,10-11H2,1-3H3,(H2,21,22);1H. The number of hydrogen-bond donors (Lipinski definition) is 1. The number of aromatic nitrogens is 1. The molecule has 1 aromatic heterocycles. The van der Waals surface area contributed by atoms with Crippen molar-refractivity contribution in [2.45, 2.75) is 46.0 Å². The molecule has 2 nitrogen and oxygen atoms in total. The van der Waals surface area contributed by atoms with Crippen molar-refractivity contribution in [2.75, 3.05) is 5.73 Å². The highest BCUT2D eigenvalue weighted by Crippen LogP contribution is 2.49. The minimum absolute atomic E-state index is 0. The Kier molecular flexibility index (Phi) is 3.92. The Morgan fingerprint density at radius 3 is 2.61 bits per heavy atom. The van der Waals surface area contributed by atoms with Crippen LogP contribution in [0.15, 0.2) is 35.9 Å². The van der Waals surface area contributed by atoms with Crippen LogP contribution in [0, 0.1) is 11.3 Å². The van der Waals surface area contributed by atoms with E-state index in [1.54, 1.807) is 5.57 Å². The number of rotatable bonds is 0. The van der Waals surface area contributed by atoms with E-state index in [2.05, 4.69) is 45.0 Å². The monoisotopic (exact) mass is 328 g/mol. The predicted molar refractivity (Wildman–Crippen MR) is 100 cm³/mol. The Morgan fingerprint density at radius 2 is 1.87 bits per heavy atom. The van der Waals surface area contributed by atoms with Crippen molar-refractivity contribution < 1.29 is 0 Å². The fraction of sp³-hybridized carbons (Fsp3) is 0.450. The van der Waals surface area contributed by atoms with E-state index in [4.69, 9.17) is 10.7 Å². The number of nitrogens with two attached hydrogens (primary N) is 1. The van der Waals surface area contributed by atoms with E-state index >= 15 is 0 Å². The summed E-state index contributed by atoms with van der Waals surface area (Å²) < 4.78 is 0. The SMILES string of the molecule is CC(C)(C)C1=CC2Cc3nc4ccccc4c(N)c3C(C1)C2.Cl. The summed E-state index contributed by atoms with van der Waals surface area (Å²) in [5.74, 6) is 1.18. The van der Waals surface area contributed by atoms with Crippen molar-refractivity contribution in [1.82, 2.24) is 4.98 Å².